The molecule has 0 aromatic rings. The zero-order valence-corrected chi connectivity index (χ0v) is 16.8. The average Bonchev–Trinajstić information content (AvgIpc) is 2.53. The molecule has 0 aliphatic heterocycles. The molecule has 0 saturated carbocycles. The summed E-state index contributed by atoms with van der Waals surface area (Å²) in [5.41, 5.74) is 0. The molecule has 0 aliphatic rings. The van der Waals surface area contributed by atoms with Crippen molar-refractivity contribution >= 4 is 15.0 Å². The van der Waals surface area contributed by atoms with Crippen LogP contribution in [0.15, 0.2) is 0 Å². The predicted molar refractivity (Wildman–Crippen MR) is 96.0 cm³/mol. The molecule has 7 heteroatoms. The Morgan fingerprint density at radius 2 is 1.04 bits per heavy atom. The lowest BCUT2D eigenvalue weighted by Crippen LogP contribution is -1.97. The SMILES string of the molecule is CCCCCCCCOP(=O)(OCCCCCCCC)[PH]([O])=O. The Morgan fingerprint density at radius 1 is 0.696 bits per heavy atom. The monoisotopic (exact) mass is 369 g/mol. The van der Waals surface area contributed by atoms with Crippen LogP contribution < -0.4 is 0 Å². The first-order valence-corrected chi connectivity index (χ1v) is 12.9. The largest absolute Gasteiger partial charge is 0.412 e. The van der Waals surface area contributed by atoms with E-state index in [4.69, 9.17) is 9.05 Å². The third-order valence-corrected chi connectivity index (χ3v) is 7.35. The van der Waals surface area contributed by atoms with Crippen LogP contribution in [-0.4, -0.2) is 13.2 Å². The Kier molecular flexibility index (Phi) is 16.1. The Hall–Kier alpha value is 0.340. The molecule has 0 bridgehead atoms. The van der Waals surface area contributed by atoms with Gasteiger partial charge < -0.3 is 9.05 Å². The molecule has 0 saturated heterocycles. The van der Waals surface area contributed by atoms with Crippen LogP contribution in [0.5, 0.6) is 0 Å². The molecule has 1 radical (unpaired) electrons. The zero-order valence-electron chi connectivity index (χ0n) is 14.9. The van der Waals surface area contributed by atoms with Gasteiger partial charge in [0, 0.05) is 0 Å². The lowest BCUT2D eigenvalue weighted by Gasteiger charge is -2.15. The van der Waals surface area contributed by atoms with Gasteiger partial charge in [0.15, 0.2) is 0 Å². The zero-order chi connectivity index (χ0) is 17.4. The fraction of sp³-hybridized carbons (Fsp3) is 1.00. The van der Waals surface area contributed by atoms with Gasteiger partial charge in [-0.15, -0.1) is 0 Å². The molecule has 139 valence electrons. The molecule has 0 heterocycles. The summed E-state index contributed by atoms with van der Waals surface area (Å²) < 4.78 is 33.5. The van der Waals surface area contributed by atoms with E-state index in [9.17, 15) is 14.0 Å². The topological polar surface area (TPSA) is 72.5 Å². The lowest BCUT2D eigenvalue weighted by molar-refractivity contribution is 0.206. The molecule has 1 atom stereocenters. The fourth-order valence-corrected chi connectivity index (χ4v) is 4.48. The minimum atomic E-state index is -3.92. The van der Waals surface area contributed by atoms with Gasteiger partial charge in [-0.05, 0) is 12.8 Å². The third kappa shape index (κ3) is 13.3. The quantitative estimate of drug-likeness (QED) is 0.210. The van der Waals surface area contributed by atoms with Crippen molar-refractivity contribution in [2.24, 2.45) is 0 Å². The van der Waals surface area contributed by atoms with Crippen molar-refractivity contribution in [3.05, 3.63) is 0 Å². The molecule has 0 rings (SSSR count). The molecule has 1 unspecified atom stereocenters. The van der Waals surface area contributed by atoms with E-state index in [-0.39, 0.29) is 13.2 Å². The molecule has 5 nitrogen and oxygen atoms in total. The Bertz CT molecular complexity index is 314. The smallest absolute Gasteiger partial charge is 0.302 e. The van der Waals surface area contributed by atoms with E-state index in [1.165, 1.54) is 38.5 Å². The summed E-state index contributed by atoms with van der Waals surface area (Å²) in [6.07, 6.45) is 12.8. The van der Waals surface area contributed by atoms with Crippen molar-refractivity contribution in [3.63, 3.8) is 0 Å². The van der Waals surface area contributed by atoms with Crippen LogP contribution in [0.2, 0.25) is 0 Å². The maximum Gasteiger partial charge on any atom is 0.412 e. The van der Waals surface area contributed by atoms with Gasteiger partial charge in [0.05, 0.1) is 13.2 Å². The Balaban J connectivity index is 3.79. The standard InChI is InChI=1S/C16H35O5P2/c1-3-5-7-9-11-13-15-20-23(19,22(17)18)21-16-14-12-10-8-6-4-2/h22H,3-16H2,1-2H3. The summed E-state index contributed by atoms with van der Waals surface area (Å²) in [6, 6.07) is 0. The minimum Gasteiger partial charge on any atom is -0.302 e. The van der Waals surface area contributed by atoms with Crippen molar-refractivity contribution in [1.82, 2.24) is 0 Å². The summed E-state index contributed by atoms with van der Waals surface area (Å²) >= 11 is 0. The van der Waals surface area contributed by atoms with E-state index >= 15 is 0 Å². The first-order valence-electron chi connectivity index (χ1n) is 9.17. The van der Waals surface area contributed by atoms with E-state index < -0.39 is 15.0 Å². The minimum absolute atomic E-state index is 0.193. The molecule has 0 fully saturated rings. The van der Waals surface area contributed by atoms with Gasteiger partial charge >= 0.3 is 15.0 Å². The van der Waals surface area contributed by atoms with Crippen LogP contribution in [0.4, 0.5) is 0 Å². The highest BCUT2D eigenvalue weighted by molar-refractivity contribution is 8.20. The molecule has 0 aromatic carbocycles. The first kappa shape index (κ1) is 23.3. The second-order valence-electron chi connectivity index (χ2n) is 5.97. The van der Waals surface area contributed by atoms with Crippen molar-refractivity contribution in [3.8, 4) is 0 Å². The summed E-state index contributed by atoms with van der Waals surface area (Å²) in [6.45, 7) is 4.70. The van der Waals surface area contributed by atoms with E-state index in [1.54, 1.807) is 0 Å². The highest BCUT2D eigenvalue weighted by atomic mass is 32.1. The average molecular weight is 369 g/mol. The van der Waals surface area contributed by atoms with Crippen molar-refractivity contribution < 1.29 is 23.1 Å². The van der Waals surface area contributed by atoms with Gasteiger partial charge in [-0.3, -0.25) is 4.57 Å². The Morgan fingerprint density at radius 3 is 1.39 bits per heavy atom. The van der Waals surface area contributed by atoms with Gasteiger partial charge in [0.2, 0.25) is 0 Å². The van der Waals surface area contributed by atoms with Gasteiger partial charge in [0.25, 0.3) is 0 Å². The highest BCUT2D eigenvalue weighted by Crippen LogP contribution is 2.68. The lowest BCUT2D eigenvalue weighted by atomic mass is 10.1. The van der Waals surface area contributed by atoms with Crippen LogP contribution in [0.25, 0.3) is 0 Å². The molecule has 0 N–H and O–H groups in total. The molecule has 0 aromatic heterocycles. The van der Waals surface area contributed by atoms with Crippen LogP contribution in [0, 0.1) is 0 Å². The van der Waals surface area contributed by atoms with E-state index in [0.717, 1.165) is 38.5 Å². The van der Waals surface area contributed by atoms with Gasteiger partial charge in [0.1, 0.15) is 0 Å². The molecule has 0 amide bonds. The maximum atomic E-state index is 12.2. The van der Waals surface area contributed by atoms with Crippen LogP contribution in [0.3, 0.4) is 0 Å². The number of hydrogen-bond donors (Lipinski definition) is 0. The molecule has 0 spiro atoms. The molecular weight excluding hydrogens is 334 g/mol. The second-order valence-corrected chi connectivity index (χ2v) is 10.7. The highest BCUT2D eigenvalue weighted by Gasteiger charge is 2.32. The number of hydrogen-bond acceptors (Lipinski definition) is 4. The van der Waals surface area contributed by atoms with Crippen LogP contribution in [0.1, 0.15) is 90.9 Å². The summed E-state index contributed by atoms with van der Waals surface area (Å²) in [5, 5.41) is 0. The third-order valence-electron chi connectivity index (χ3n) is 3.74. The van der Waals surface area contributed by atoms with Crippen molar-refractivity contribution in [1.29, 1.82) is 0 Å². The van der Waals surface area contributed by atoms with Gasteiger partial charge in [-0.25, -0.2) is 4.57 Å². The van der Waals surface area contributed by atoms with Crippen LogP contribution >= 0.6 is 15.0 Å². The van der Waals surface area contributed by atoms with Crippen LogP contribution in [-0.2, 0) is 23.1 Å². The van der Waals surface area contributed by atoms with E-state index in [0.29, 0.717) is 0 Å². The predicted octanol–water partition coefficient (Wildman–Crippen LogP) is 6.75. The van der Waals surface area contributed by atoms with E-state index in [1.807, 2.05) is 0 Å². The summed E-state index contributed by atoms with van der Waals surface area (Å²) in [5.74, 6) is 0. The van der Waals surface area contributed by atoms with Gasteiger partial charge in [-0.2, -0.15) is 4.89 Å². The summed E-state index contributed by atoms with van der Waals surface area (Å²) in [7, 11) is -7.49. The number of rotatable bonds is 17. The number of unbranched alkanes of at least 4 members (excludes halogenated alkanes) is 10. The Labute approximate surface area is 142 Å². The molecule has 23 heavy (non-hydrogen) atoms. The summed E-state index contributed by atoms with van der Waals surface area (Å²) in [4.78, 5) is 11.2. The maximum absolute atomic E-state index is 12.2. The molecular formula is C16H35O5P2. The normalized spacial score (nSPS) is 13.3. The van der Waals surface area contributed by atoms with Gasteiger partial charge in [-0.1, -0.05) is 78.1 Å². The fourth-order valence-electron chi connectivity index (χ4n) is 2.28. The van der Waals surface area contributed by atoms with Crippen molar-refractivity contribution in [2.45, 2.75) is 90.9 Å². The van der Waals surface area contributed by atoms with E-state index in [2.05, 4.69) is 13.8 Å². The second kappa shape index (κ2) is 15.8. The molecule has 0 aliphatic carbocycles. The van der Waals surface area contributed by atoms with Crippen molar-refractivity contribution in [2.75, 3.05) is 13.2 Å². The first-order chi connectivity index (χ1) is 11.1.